The van der Waals surface area contributed by atoms with Gasteiger partial charge in [0.25, 0.3) is 0 Å². The van der Waals surface area contributed by atoms with E-state index >= 15 is 0 Å². The van der Waals surface area contributed by atoms with Gasteiger partial charge >= 0.3 is 0 Å². The molecule has 2 rings (SSSR count). The quantitative estimate of drug-likeness (QED) is 0.916. The molecule has 0 aliphatic carbocycles. The first-order valence-corrected chi connectivity index (χ1v) is 6.19. The van der Waals surface area contributed by atoms with Crippen molar-refractivity contribution in [1.29, 1.82) is 0 Å². The number of nitrogen functional groups attached to an aromatic ring is 1. The lowest BCUT2D eigenvalue weighted by molar-refractivity contribution is 0.177. The van der Waals surface area contributed by atoms with Crippen molar-refractivity contribution in [2.24, 2.45) is 0 Å². The Morgan fingerprint density at radius 3 is 2.89 bits per heavy atom. The zero-order valence-electron chi connectivity index (χ0n) is 9.48. The van der Waals surface area contributed by atoms with Crippen LogP contribution in [0.2, 0.25) is 0 Å². The molecule has 18 heavy (non-hydrogen) atoms. The topological polar surface area (TPSA) is 59.1 Å². The number of nitrogens with two attached hydrogens (primary N) is 1. The largest absolute Gasteiger partial charge is 0.388 e. The molecule has 1 atom stereocenters. The highest BCUT2D eigenvalue weighted by atomic mass is 79.9. The van der Waals surface area contributed by atoms with Gasteiger partial charge in [0.05, 0.1) is 6.10 Å². The maximum absolute atomic E-state index is 13.2. The van der Waals surface area contributed by atoms with E-state index in [0.29, 0.717) is 22.3 Å². The molecule has 1 aromatic heterocycles. The van der Waals surface area contributed by atoms with Crippen molar-refractivity contribution in [1.82, 2.24) is 4.98 Å². The van der Waals surface area contributed by atoms with E-state index in [4.69, 9.17) is 5.73 Å². The molecule has 0 aliphatic heterocycles. The average Bonchev–Trinajstić information content (AvgIpc) is 2.35. The minimum Gasteiger partial charge on any atom is -0.388 e. The first-order valence-electron chi connectivity index (χ1n) is 5.40. The van der Waals surface area contributed by atoms with E-state index in [1.807, 2.05) is 0 Å². The molecule has 1 aromatic carbocycles. The lowest BCUT2D eigenvalue weighted by Gasteiger charge is -2.14. The number of hydrogen-bond acceptors (Lipinski definition) is 3. The van der Waals surface area contributed by atoms with Crippen LogP contribution in [0.25, 0.3) is 0 Å². The normalized spacial score (nSPS) is 12.4. The summed E-state index contributed by atoms with van der Waals surface area (Å²) in [5.41, 5.74) is 6.94. The number of aromatic nitrogens is 1. The number of halogens is 2. The zero-order chi connectivity index (χ0) is 13.1. The predicted molar refractivity (Wildman–Crippen MR) is 71.4 cm³/mol. The van der Waals surface area contributed by atoms with Crippen LogP contribution in [0.4, 0.5) is 10.2 Å². The number of rotatable bonds is 3. The lowest BCUT2D eigenvalue weighted by Crippen LogP contribution is -2.06. The molecule has 1 unspecified atom stereocenters. The molecule has 0 aliphatic rings. The third-order valence-electron chi connectivity index (χ3n) is 2.66. The number of benzene rings is 1. The summed E-state index contributed by atoms with van der Waals surface area (Å²) in [6.07, 6.45) is 1.05. The number of pyridine rings is 1. The van der Waals surface area contributed by atoms with Crippen LogP contribution in [0, 0.1) is 5.82 Å². The van der Waals surface area contributed by atoms with E-state index in [0.717, 1.165) is 5.56 Å². The summed E-state index contributed by atoms with van der Waals surface area (Å²) in [5, 5.41) is 10.1. The molecule has 3 nitrogen and oxygen atoms in total. The molecule has 0 radical (unpaired) electrons. The predicted octanol–water partition coefficient (Wildman–Crippen LogP) is 2.84. The SMILES string of the molecule is Nc1ncccc1CC(O)c1cc(F)ccc1Br. The number of hydrogen-bond donors (Lipinski definition) is 2. The maximum atomic E-state index is 13.2. The summed E-state index contributed by atoms with van der Waals surface area (Å²) in [6.45, 7) is 0. The first kappa shape index (κ1) is 13.0. The van der Waals surface area contributed by atoms with Crippen molar-refractivity contribution in [3.63, 3.8) is 0 Å². The van der Waals surface area contributed by atoms with Gasteiger partial charge in [-0.2, -0.15) is 0 Å². The standard InChI is InChI=1S/C13H12BrFN2O/c14-11-4-3-9(15)7-10(11)12(18)6-8-2-1-5-17-13(8)16/h1-5,7,12,18H,6H2,(H2,16,17). The Morgan fingerprint density at radius 1 is 1.39 bits per heavy atom. The smallest absolute Gasteiger partial charge is 0.126 e. The van der Waals surface area contributed by atoms with Gasteiger partial charge in [-0.15, -0.1) is 0 Å². The number of aliphatic hydroxyl groups excluding tert-OH is 1. The van der Waals surface area contributed by atoms with Crippen LogP contribution >= 0.6 is 15.9 Å². The van der Waals surface area contributed by atoms with Crippen molar-refractivity contribution in [3.05, 3.63) is 57.9 Å². The van der Waals surface area contributed by atoms with Gasteiger partial charge in [-0.05, 0) is 35.4 Å². The minimum absolute atomic E-state index is 0.293. The van der Waals surface area contributed by atoms with E-state index in [1.165, 1.54) is 12.1 Å². The summed E-state index contributed by atoms with van der Waals surface area (Å²) in [5.74, 6) is -0.00418. The van der Waals surface area contributed by atoms with Gasteiger partial charge in [0, 0.05) is 17.1 Å². The minimum atomic E-state index is -0.832. The molecule has 2 aromatic rings. The van der Waals surface area contributed by atoms with E-state index in [1.54, 1.807) is 24.4 Å². The second-order valence-corrected chi connectivity index (χ2v) is 4.79. The average molecular weight is 311 g/mol. The fourth-order valence-electron chi connectivity index (χ4n) is 1.71. The summed E-state index contributed by atoms with van der Waals surface area (Å²) in [7, 11) is 0. The third kappa shape index (κ3) is 2.86. The summed E-state index contributed by atoms with van der Waals surface area (Å²) in [6, 6.07) is 7.75. The van der Waals surface area contributed by atoms with Crippen LogP contribution in [0.1, 0.15) is 17.2 Å². The third-order valence-corrected chi connectivity index (χ3v) is 3.38. The van der Waals surface area contributed by atoms with Crippen molar-refractivity contribution in [3.8, 4) is 0 Å². The lowest BCUT2D eigenvalue weighted by atomic mass is 10.0. The highest BCUT2D eigenvalue weighted by Gasteiger charge is 2.14. The van der Waals surface area contributed by atoms with Gasteiger partial charge in [-0.25, -0.2) is 9.37 Å². The molecule has 94 valence electrons. The molecule has 5 heteroatoms. The van der Waals surface area contributed by atoms with Crippen LogP contribution in [-0.2, 0) is 6.42 Å². The Balaban J connectivity index is 2.25. The molecule has 3 N–H and O–H groups in total. The van der Waals surface area contributed by atoms with Gasteiger partial charge in [-0.3, -0.25) is 0 Å². The van der Waals surface area contributed by atoms with E-state index in [-0.39, 0.29) is 5.82 Å². The molecular formula is C13H12BrFN2O. The Morgan fingerprint density at radius 2 is 2.17 bits per heavy atom. The molecule has 0 bridgehead atoms. The maximum Gasteiger partial charge on any atom is 0.126 e. The Labute approximate surface area is 113 Å². The number of aliphatic hydroxyl groups is 1. The van der Waals surface area contributed by atoms with Crippen molar-refractivity contribution >= 4 is 21.7 Å². The second-order valence-electron chi connectivity index (χ2n) is 3.93. The summed E-state index contributed by atoms with van der Waals surface area (Å²) >= 11 is 3.29. The summed E-state index contributed by atoms with van der Waals surface area (Å²) in [4.78, 5) is 3.95. The van der Waals surface area contributed by atoms with Crippen molar-refractivity contribution in [2.45, 2.75) is 12.5 Å². The first-order chi connectivity index (χ1) is 8.58. The van der Waals surface area contributed by atoms with Gasteiger partial charge < -0.3 is 10.8 Å². The molecule has 0 fully saturated rings. The van der Waals surface area contributed by atoms with E-state index < -0.39 is 6.10 Å². The van der Waals surface area contributed by atoms with Crippen LogP contribution in [-0.4, -0.2) is 10.1 Å². The van der Waals surface area contributed by atoms with Gasteiger partial charge in [0.1, 0.15) is 11.6 Å². The number of nitrogens with zero attached hydrogens (tertiary/aromatic N) is 1. The van der Waals surface area contributed by atoms with Crippen LogP contribution < -0.4 is 5.73 Å². The molecule has 0 saturated heterocycles. The van der Waals surface area contributed by atoms with E-state index in [9.17, 15) is 9.50 Å². The Hall–Kier alpha value is -1.46. The van der Waals surface area contributed by atoms with Gasteiger partial charge in [-0.1, -0.05) is 22.0 Å². The molecular weight excluding hydrogens is 299 g/mol. The zero-order valence-corrected chi connectivity index (χ0v) is 11.1. The van der Waals surface area contributed by atoms with Crippen molar-refractivity contribution in [2.75, 3.05) is 5.73 Å². The Bertz CT molecular complexity index is 562. The second kappa shape index (κ2) is 5.46. The monoisotopic (exact) mass is 310 g/mol. The van der Waals surface area contributed by atoms with Crippen LogP contribution in [0.3, 0.4) is 0 Å². The molecule has 0 amide bonds. The van der Waals surface area contributed by atoms with Gasteiger partial charge in [0.2, 0.25) is 0 Å². The summed E-state index contributed by atoms with van der Waals surface area (Å²) < 4.78 is 13.8. The highest BCUT2D eigenvalue weighted by Crippen LogP contribution is 2.27. The molecule has 0 spiro atoms. The fraction of sp³-hybridized carbons (Fsp3) is 0.154. The van der Waals surface area contributed by atoms with Gasteiger partial charge in [0.15, 0.2) is 0 Å². The highest BCUT2D eigenvalue weighted by molar-refractivity contribution is 9.10. The fourth-order valence-corrected chi connectivity index (χ4v) is 2.22. The Kier molecular flexibility index (Phi) is 3.93. The van der Waals surface area contributed by atoms with Crippen LogP contribution in [0.5, 0.6) is 0 Å². The number of anilines is 1. The van der Waals surface area contributed by atoms with E-state index in [2.05, 4.69) is 20.9 Å². The molecule has 1 heterocycles. The van der Waals surface area contributed by atoms with Crippen LogP contribution in [0.15, 0.2) is 41.0 Å². The molecule has 0 saturated carbocycles. The van der Waals surface area contributed by atoms with Crippen molar-refractivity contribution < 1.29 is 9.50 Å².